The highest BCUT2D eigenvalue weighted by Gasteiger charge is 2.41. The van der Waals surface area contributed by atoms with Crippen molar-refractivity contribution in [3.63, 3.8) is 0 Å². The van der Waals surface area contributed by atoms with Crippen molar-refractivity contribution in [1.29, 1.82) is 0 Å². The molecule has 0 radical (unpaired) electrons. The summed E-state index contributed by atoms with van der Waals surface area (Å²) in [7, 11) is 1.54. The molecule has 2 aromatic heterocycles. The normalized spacial score (nSPS) is 16.3. The number of carboxylic acid groups (broad SMARTS) is 1. The molecule has 1 aliphatic heterocycles. The Balaban J connectivity index is 1.42. The fourth-order valence-electron chi connectivity index (χ4n) is 4.56. The van der Waals surface area contributed by atoms with E-state index in [9.17, 15) is 9.90 Å². The van der Waals surface area contributed by atoms with Gasteiger partial charge < -0.3 is 9.84 Å². The fraction of sp³-hybridized carbons (Fsp3) is 0.370. The topological polar surface area (TPSA) is 75.6 Å². The lowest BCUT2D eigenvalue weighted by Crippen LogP contribution is -2.44. The first kappa shape index (κ1) is 24.9. The number of piperidine rings is 1. The minimum Gasteiger partial charge on any atom is -0.497 e. The molecule has 0 unspecified atom stereocenters. The Morgan fingerprint density at radius 2 is 2.11 bits per heavy atom. The number of alkyl halides is 1. The monoisotopic (exact) mass is 495 g/mol. The first-order valence-corrected chi connectivity index (χ1v) is 11.9. The highest BCUT2D eigenvalue weighted by Crippen LogP contribution is 2.42. The molecule has 35 heavy (non-hydrogen) atoms. The Morgan fingerprint density at radius 3 is 2.80 bits per heavy atom. The Morgan fingerprint density at radius 1 is 1.31 bits per heavy atom. The van der Waals surface area contributed by atoms with Crippen LogP contribution in [0.15, 0.2) is 48.9 Å². The fourth-order valence-corrected chi connectivity index (χ4v) is 4.83. The second-order valence-corrected chi connectivity index (χ2v) is 9.22. The van der Waals surface area contributed by atoms with Crippen LogP contribution in [0.2, 0.25) is 5.02 Å². The van der Waals surface area contributed by atoms with E-state index in [1.807, 2.05) is 12.1 Å². The molecule has 0 saturated carbocycles. The first-order chi connectivity index (χ1) is 16.9. The smallest absolute Gasteiger partial charge is 0.309 e. The van der Waals surface area contributed by atoms with Crippen LogP contribution in [-0.4, -0.2) is 52.7 Å². The number of aliphatic carboxylic acids is 1. The molecule has 3 aromatic rings. The number of aromatic nitrogens is 2. The van der Waals surface area contributed by atoms with Crippen LogP contribution in [0.25, 0.3) is 10.9 Å². The zero-order valence-corrected chi connectivity index (χ0v) is 20.3. The molecule has 0 aliphatic carbocycles. The van der Waals surface area contributed by atoms with Gasteiger partial charge in [0.1, 0.15) is 11.9 Å². The van der Waals surface area contributed by atoms with Crippen LogP contribution in [0, 0.1) is 17.3 Å². The number of halogens is 2. The Bertz CT molecular complexity index is 1250. The minimum absolute atomic E-state index is 0.0587. The number of nitrogens with zero attached hydrogens (tertiary/aromatic N) is 3. The van der Waals surface area contributed by atoms with Gasteiger partial charge in [-0.1, -0.05) is 23.4 Å². The SMILES string of the molecule is COc1ccc2ncc(Cl)c([C@@H](F)CCC3(C(=O)O)CCN(CC#Cc4cccnc4)CC3)c2c1. The number of fused-ring (bicyclic) bond motifs is 1. The van der Waals surface area contributed by atoms with Gasteiger partial charge in [0.2, 0.25) is 0 Å². The molecule has 3 heterocycles. The van der Waals surface area contributed by atoms with Gasteiger partial charge in [-0.15, -0.1) is 0 Å². The highest BCUT2D eigenvalue weighted by atomic mass is 35.5. The zero-order chi connectivity index (χ0) is 24.8. The molecule has 182 valence electrons. The Labute approximate surface area is 209 Å². The molecule has 1 N–H and O–H groups in total. The molecule has 1 saturated heterocycles. The molecular weight excluding hydrogens is 469 g/mol. The molecule has 0 spiro atoms. The summed E-state index contributed by atoms with van der Waals surface area (Å²) < 4.78 is 20.8. The van der Waals surface area contributed by atoms with Crippen LogP contribution in [-0.2, 0) is 4.79 Å². The van der Waals surface area contributed by atoms with E-state index < -0.39 is 17.6 Å². The van der Waals surface area contributed by atoms with E-state index in [1.54, 1.807) is 37.7 Å². The number of hydrogen-bond donors (Lipinski definition) is 1. The third kappa shape index (κ3) is 5.72. The summed E-state index contributed by atoms with van der Waals surface area (Å²) in [5.74, 6) is 5.91. The summed E-state index contributed by atoms with van der Waals surface area (Å²) >= 11 is 6.34. The van der Waals surface area contributed by atoms with Gasteiger partial charge in [-0.25, -0.2) is 4.39 Å². The summed E-state index contributed by atoms with van der Waals surface area (Å²) in [6.45, 7) is 1.75. The number of carboxylic acids is 1. The van der Waals surface area contributed by atoms with E-state index in [0.29, 0.717) is 54.7 Å². The summed E-state index contributed by atoms with van der Waals surface area (Å²) in [4.78, 5) is 22.7. The maximum absolute atomic E-state index is 15.6. The zero-order valence-electron chi connectivity index (χ0n) is 19.5. The number of ether oxygens (including phenoxy) is 1. The van der Waals surface area contributed by atoms with Gasteiger partial charge >= 0.3 is 5.97 Å². The molecule has 1 aromatic carbocycles. The Kier molecular flexibility index (Phi) is 7.84. The maximum Gasteiger partial charge on any atom is 0.309 e. The van der Waals surface area contributed by atoms with Crippen molar-refractivity contribution >= 4 is 28.5 Å². The highest BCUT2D eigenvalue weighted by molar-refractivity contribution is 6.32. The summed E-state index contributed by atoms with van der Waals surface area (Å²) in [6.07, 6.45) is 4.61. The molecule has 0 amide bonds. The molecular formula is C27H27ClFN3O3. The van der Waals surface area contributed by atoms with E-state index in [-0.39, 0.29) is 17.9 Å². The van der Waals surface area contributed by atoms with E-state index in [2.05, 4.69) is 26.7 Å². The quantitative estimate of drug-likeness (QED) is 0.448. The largest absolute Gasteiger partial charge is 0.497 e. The van der Waals surface area contributed by atoms with E-state index in [1.165, 1.54) is 6.20 Å². The molecule has 1 fully saturated rings. The average Bonchev–Trinajstić information content (AvgIpc) is 2.88. The van der Waals surface area contributed by atoms with Gasteiger partial charge in [0, 0.05) is 48.2 Å². The van der Waals surface area contributed by atoms with Gasteiger partial charge in [0.25, 0.3) is 0 Å². The van der Waals surface area contributed by atoms with Crippen LogP contribution in [0.3, 0.4) is 0 Å². The standard InChI is InChI=1S/C27H27ClFN3O3/c1-35-20-6-7-24-21(16-20)25(22(28)18-31-24)23(29)8-9-27(26(33)34)10-14-32(15-11-27)13-3-5-19-4-2-12-30-17-19/h2,4,6-7,12,16-18,23H,8-11,13-15H2,1H3,(H,33,34)/t23-/m0/s1. The number of rotatable bonds is 7. The van der Waals surface area contributed by atoms with Crippen LogP contribution in [0.5, 0.6) is 5.75 Å². The average molecular weight is 496 g/mol. The van der Waals surface area contributed by atoms with Gasteiger partial charge in [0.05, 0.1) is 29.6 Å². The van der Waals surface area contributed by atoms with Crippen molar-refractivity contribution in [2.24, 2.45) is 5.41 Å². The Hall–Kier alpha value is -3.21. The second kappa shape index (κ2) is 11.0. The van der Waals surface area contributed by atoms with Gasteiger partial charge in [0.15, 0.2) is 0 Å². The van der Waals surface area contributed by atoms with Crippen molar-refractivity contribution in [1.82, 2.24) is 14.9 Å². The molecule has 4 rings (SSSR count). The van der Waals surface area contributed by atoms with Crippen molar-refractivity contribution in [2.45, 2.75) is 31.9 Å². The maximum atomic E-state index is 15.6. The predicted molar refractivity (Wildman–Crippen MR) is 133 cm³/mol. The number of methoxy groups -OCH3 is 1. The van der Waals surface area contributed by atoms with Crippen LogP contribution >= 0.6 is 11.6 Å². The number of pyridine rings is 2. The van der Waals surface area contributed by atoms with E-state index in [0.717, 1.165) is 5.56 Å². The van der Waals surface area contributed by atoms with Crippen LogP contribution in [0.4, 0.5) is 4.39 Å². The number of carbonyl (C=O) groups is 1. The molecule has 1 atom stereocenters. The van der Waals surface area contributed by atoms with Gasteiger partial charge in [-0.2, -0.15) is 0 Å². The molecule has 6 nitrogen and oxygen atoms in total. The van der Waals surface area contributed by atoms with Crippen molar-refractivity contribution in [3.8, 4) is 17.6 Å². The number of hydrogen-bond acceptors (Lipinski definition) is 5. The van der Waals surface area contributed by atoms with Gasteiger partial charge in [-0.05, 0) is 56.0 Å². The lowest BCUT2D eigenvalue weighted by molar-refractivity contribution is -0.152. The summed E-state index contributed by atoms with van der Waals surface area (Å²) in [5, 5.41) is 10.9. The summed E-state index contributed by atoms with van der Waals surface area (Å²) in [6, 6.07) is 8.96. The number of benzene rings is 1. The number of likely N-dealkylation sites (tertiary alicyclic amines) is 1. The second-order valence-electron chi connectivity index (χ2n) is 8.81. The van der Waals surface area contributed by atoms with Crippen molar-refractivity contribution < 1.29 is 19.0 Å². The van der Waals surface area contributed by atoms with Crippen LogP contribution in [0.1, 0.15) is 43.0 Å². The third-order valence-electron chi connectivity index (χ3n) is 6.72. The lowest BCUT2D eigenvalue weighted by atomic mass is 9.74. The van der Waals surface area contributed by atoms with E-state index in [4.69, 9.17) is 16.3 Å². The van der Waals surface area contributed by atoms with Crippen molar-refractivity contribution in [3.05, 3.63) is 65.1 Å². The van der Waals surface area contributed by atoms with Crippen molar-refractivity contribution in [2.75, 3.05) is 26.7 Å². The first-order valence-electron chi connectivity index (χ1n) is 11.5. The molecule has 8 heteroatoms. The van der Waals surface area contributed by atoms with Gasteiger partial charge in [-0.3, -0.25) is 19.7 Å². The predicted octanol–water partition coefficient (Wildman–Crippen LogP) is 5.30. The molecule has 0 bridgehead atoms. The van der Waals surface area contributed by atoms with Crippen LogP contribution < -0.4 is 4.74 Å². The summed E-state index contributed by atoms with van der Waals surface area (Å²) in [5.41, 5.74) is 0.823. The van der Waals surface area contributed by atoms with E-state index >= 15 is 4.39 Å². The molecule has 1 aliphatic rings. The third-order valence-corrected chi connectivity index (χ3v) is 7.02. The minimum atomic E-state index is -1.42. The lowest BCUT2D eigenvalue weighted by Gasteiger charge is -2.38.